The molecule has 620 valence electrons. The molecule has 0 fully saturated rings. The molecule has 1 unspecified atom stereocenters. The van der Waals surface area contributed by atoms with E-state index in [0.717, 1.165) is 38.9 Å². The number of aromatic nitrogens is 4. The van der Waals surface area contributed by atoms with Crippen LogP contribution in [0.3, 0.4) is 0 Å². The number of pyridine rings is 4. The molecule has 7 aromatic carbocycles. The molecule has 0 radical (unpaired) electrons. The van der Waals surface area contributed by atoms with E-state index in [9.17, 15) is 38.4 Å². The highest BCUT2D eigenvalue weighted by Gasteiger charge is 2.27. The number of anilines is 1. The van der Waals surface area contributed by atoms with Gasteiger partial charge in [0.05, 0.1) is 48.7 Å². The number of hydrogen-bond acceptors (Lipinski definition) is 17. The van der Waals surface area contributed by atoms with Crippen LogP contribution in [0.5, 0.6) is 23.0 Å². The van der Waals surface area contributed by atoms with Crippen LogP contribution in [0.2, 0.25) is 0 Å². The van der Waals surface area contributed by atoms with E-state index in [1.54, 1.807) is 49.1 Å². The van der Waals surface area contributed by atoms with Gasteiger partial charge in [-0.25, -0.2) is 0 Å². The summed E-state index contributed by atoms with van der Waals surface area (Å²) >= 11 is 0. The van der Waals surface area contributed by atoms with Gasteiger partial charge >= 0.3 is 0 Å². The van der Waals surface area contributed by atoms with Gasteiger partial charge in [0.1, 0.15) is 26.4 Å². The van der Waals surface area contributed by atoms with Crippen LogP contribution >= 0.6 is 0 Å². The van der Waals surface area contributed by atoms with Crippen LogP contribution in [0.25, 0.3) is 0 Å². The average Bonchev–Trinajstić information content (AvgIpc) is 0.825. The molecule has 25 nitrogen and oxygen atoms in total. The summed E-state index contributed by atoms with van der Waals surface area (Å²) in [6, 6.07) is 70.5. The lowest BCUT2D eigenvalue weighted by molar-refractivity contribution is 0.0929. The van der Waals surface area contributed by atoms with Crippen molar-refractivity contribution in [2.24, 2.45) is 5.92 Å². The molecule has 0 saturated heterocycles. The number of benzene rings is 7. The number of aryl methyl sites for hydroxylation is 2. The summed E-state index contributed by atoms with van der Waals surface area (Å²) in [5, 5.41) is 12.3. The molecule has 4 amide bonds. The number of rotatable bonds is 48. The van der Waals surface area contributed by atoms with E-state index in [-0.39, 0.29) is 156 Å². The van der Waals surface area contributed by atoms with Crippen molar-refractivity contribution in [3.63, 3.8) is 0 Å². The Bertz CT molecular complexity index is 4990. The lowest BCUT2D eigenvalue weighted by Crippen LogP contribution is -2.46. The summed E-state index contributed by atoms with van der Waals surface area (Å²) in [7, 11) is 0. The quantitative estimate of drug-likeness (QED) is 0.0175. The minimum Gasteiger partial charge on any atom is -0.482 e. The second-order valence-corrected chi connectivity index (χ2v) is 28.8. The molecule has 0 bridgehead atoms. The van der Waals surface area contributed by atoms with Crippen molar-refractivity contribution in [3.8, 4) is 23.0 Å². The molecular weight excluding hydrogens is 1510 g/mol. The summed E-state index contributed by atoms with van der Waals surface area (Å²) in [5.41, 5.74) is 11.1. The average molecular weight is 1610 g/mol. The van der Waals surface area contributed by atoms with Crippen molar-refractivity contribution in [2.45, 2.75) is 98.9 Å². The molecule has 4 aromatic heterocycles. The van der Waals surface area contributed by atoms with E-state index in [1.165, 1.54) is 18.3 Å². The largest absolute Gasteiger partial charge is 0.482 e. The molecule has 11 rings (SSSR count). The van der Waals surface area contributed by atoms with Crippen LogP contribution in [0.15, 0.2) is 274 Å². The minimum atomic E-state index is -0.575. The first-order valence-electron chi connectivity index (χ1n) is 40.4. The first kappa shape index (κ1) is 86.9. The SMILES string of the molecule is CCCn1ccc(C(=O)NCCN(CCNC(=O)c2ccn(CCC)c(=O)c2OCc2ccccc2)CC(Cc2ccc(N)cc2)CN(CCNC(=O)c2ccn(CCOCc3ccccc3)c(=O)c2OCc2ccccc2)CCNC(=O)c2ccn(CCOCc3ccccc3)c(=O)c2OCc2ccccc2)c(OCc2ccccc2)c1=O. The number of nitrogens with zero attached hydrogens (tertiary/aromatic N) is 6. The molecule has 0 aliphatic heterocycles. The Morgan fingerprint density at radius 1 is 0.328 bits per heavy atom. The van der Waals surface area contributed by atoms with Crippen LogP contribution in [-0.4, -0.2) is 130 Å². The first-order chi connectivity index (χ1) is 58.2. The predicted molar refractivity (Wildman–Crippen MR) is 459 cm³/mol. The molecule has 0 aliphatic carbocycles. The zero-order valence-electron chi connectivity index (χ0n) is 67.5. The van der Waals surface area contributed by atoms with Crippen LogP contribution in [0.4, 0.5) is 5.69 Å². The summed E-state index contributed by atoms with van der Waals surface area (Å²) in [6.07, 6.45) is 8.05. The van der Waals surface area contributed by atoms with Gasteiger partial charge in [0.15, 0.2) is 23.0 Å². The molecule has 119 heavy (non-hydrogen) atoms. The maximum Gasteiger partial charge on any atom is 0.293 e. The van der Waals surface area contributed by atoms with Crippen molar-refractivity contribution in [2.75, 3.05) is 84.4 Å². The van der Waals surface area contributed by atoms with Crippen molar-refractivity contribution in [1.82, 2.24) is 49.3 Å². The highest BCUT2D eigenvalue weighted by Crippen LogP contribution is 2.23. The number of nitrogens with two attached hydrogens (primary N) is 1. The fraction of sp³-hybridized carbons (Fsp3) is 0.298. The van der Waals surface area contributed by atoms with Crippen LogP contribution in [0.1, 0.15) is 107 Å². The van der Waals surface area contributed by atoms with Gasteiger partial charge in [-0.05, 0) is 101 Å². The van der Waals surface area contributed by atoms with Gasteiger partial charge in [-0.1, -0.05) is 208 Å². The second-order valence-electron chi connectivity index (χ2n) is 28.8. The molecule has 0 aliphatic rings. The number of hydrogen-bond donors (Lipinski definition) is 5. The van der Waals surface area contributed by atoms with Crippen molar-refractivity contribution in [3.05, 3.63) is 358 Å². The Morgan fingerprint density at radius 2 is 0.580 bits per heavy atom. The molecular formula is C94H105N11O14. The maximum atomic E-state index is 14.8. The second kappa shape index (κ2) is 46.1. The van der Waals surface area contributed by atoms with Gasteiger partial charge in [-0.15, -0.1) is 0 Å². The van der Waals surface area contributed by atoms with E-state index in [4.69, 9.17) is 34.2 Å². The summed E-state index contributed by atoms with van der Waals surface area (Å²) in [6.45, 7) is 7.81. The number of nitrogen functional groups attached to an aromatic ring is 1. The Balaban J connectivity index is 0.890. The number of ether oxygens (including phenoxy) is 6. The molecule has 25 heteroatoms. The normalized spacial score (nSPS) is 11.4. The third-order valence-corrected chi connectivity index (χ3v) is 19.9. The van der Waals surface area contributed by atoms with E-state index >= 15 is 0 Å². The standard InChI is InChI=1S/C94H105N11O14/c1-3-47-102-49-39-79(83(91(102)110)116-66-73-27-15-7-16-28-73)87(106)96-43-53-100(54-44-97-88(107)80-40-50-103(48-4-2)92(111)84(80)117-67-74-29-17-8-18-30-74)62-77(61-70-35-37-78(95)38-36-70)63-101(55-45-98-89(108)81-41-51-104(57-59-114-64-71-23-11-5-12-24-71)93(112)85(81)118-68-75-31-19-9-20-32-75)56-46-99-90(109)82-42-52-105(58-60-115-65-72-25-13-6-14-26-72)94(113)86(82)119-69-76-33-21-10-22-34-76/h5-42,49-52,77H,3-4,43-48,53-69,95H2,1-2H3,(H,96,106)(H,97,107)(H,98,108)(H,99,109). The van der Waals surface area contributed by atoms with Crippen molar-refractivity contribution in [1.29, 1.82) is 0 Å². The molecule has 0 saturated carbocycles. The fourth-order valence-electron chi connectivity index (χ4n) is 13.6. The van der Waals surface area contributed by atoms with Gasteiger partial charge in [-0.3, -0.25) is 48.2 Å². The highest BCUT2D eigenvalue weighted by molar-refractivity contribution is 5.98. The summed E-state index contributed by atoms with van der Waals surface area (Å²) in [5.74, 6) is -3.02. The van der Waals surface area contributed by atoms with Gasteiger partial charge in [0.25, 0.3) is 45.9 Å². The van der Waals surface area contributed by atoms with Crippen LogP contribution in [-0.2, 0) is 81.7 Å². The van der Waals surface area contributed by atoms with Crippen molar-refractivity contribution < 1.29 is 47.6 Å². The lowest BCUT2D eigenvalue weighted by Gasteiger charge is -2.32. The Labute approximate surface area is 692 Å². The van der Waals surface area contributed by atoms with E-state index in [1.807, 2.05) is 220 Å². The predicted octanol–water partition coefficient (Wildman–Crippen LogP) is 11.0. The van der Waals surface area contributed by atoms with Crippen LogP contribution < -0.4 is 68.2 Å². The van der Waals surface area contributed by atoms with Crippen molar-refractivity contribution >= 4 is 29.3 Å². The van der Waals surface area contributed by atoms with E-state index < -0.39 is 45.9 Å². The van der Waals surface area contributed by atoms with Gasteiger partial charge in [0, 0.05) is 122 Å². The molecule has 11 aromatic rings. The smallest absolute Gasteiger partial charge is 0.293 e. The molecule has 0 spiro atoms. The Hall–Kier alpha value is -12.9. The maximum absolute atomic E-state index is 14.8. The minimum absolute atomic E-state index is 0.00155. The monoisotopic (exact) mass is 1610 g/mol. The zero-order chi connectivity index (χ0) is 83.3. The molecule has 6 N–H and O–H groups in total. The number of amides is 4. The fourth-order valence-corrected chi connectivity index (χ4v) is 13.6. The third kappa shape index (κ3) is 26.5. The number of nitrogens with one attached hydrogen (secondary N) is 4. The Morgan fingerprint density at radius 3 is 0.840 bits per heavy atom. The number of carbonyl (C=O) groups is 4. The van der Waals surface area contributed by atoms with Crippen LogP contribution in [0, 0.1) is 5.92 Å². The first-order valence-corrected chi connectivity index (χ1v) is 40.4. The van der Waals surface area contributed by atoms with E-state index in [0.29, 0.717) is 64.3 Å². The van der Waals surface area contributed by atoms with Gasteiger partial charge in [0.2, 0.25) is 0 Å². The lowest BCUT2D eigenvalue weighted by atomic mass is 9.97. The molecule has 4 heterocycles. The zero-order valence-corrected chi connectivity index (χ0v) is 67.5. The van der Waals surface area contributed by atoms with Gasteiger partial charge in [-0.2, -0.15) is 0 Å². The number of carbonyl (C=O) groups excluding carboxylic acids is 4. The highest BCUT2D eigenvalue weighted by atomic mass is 16.5. The summed E-state index contributed by atoms with van der Waals surface area (Å²) in [4.78, 5) is 120. The van der Waals surface area contributed by atoms with E-state index in [2.05, 4.69) is 31.1 Å². The third-order valence-electron chi connectivity index (χ3n) is 19.9. The molecule has 1 atom stereocenters. The Kier molecular flexibility index (Phi) is 33.7. The summed E-state index contributed by atoms with van der Waals surface area (Å²) < 4.78 is 42.9. The van der Waals surface area contributed by atoms with Gasteiger partial charge < -0.3 is 73.7 Å². The topological polar surface area (TPSA) is 292 Å².